The van der Waals surface area contributed by atoms with Crippen LogP contribution < -0.4 is 5.48 Å². The number of amides is 1. The lowest BCUT2D eigenvalue weighted by Crippen LogP contribution is -2.29. The maximum atomic E-state index is 11.6. The molecule has 98 valence electrons. The van der Waals surface area contributed by atoms with Gasteiger partial charge < -0.3 is 0 Å². The summed E-state index contributed by atoms with van der Waals surface area (Å²) in [4.78, 5) is 17.8. The third-order valence-corrected chi connectivity index (χ3v) is 4.35. The highest BCUT2D eigenvalue weighted by molar-refractivity contribution is 8.00. The summed E-state index contributed by atoms with van der Waals surface area (Å²) in [6.45, 7) is 0. The molecule has 0 unspecified atom stereocenters. The molecule has 1 amide bonds. The second kappa shape index (κ2) is 7.02. The number of benzene rings is 1. The fraction of sp³-hybridized carbons (Fsp3) is 0.462. The lowest BCUT2D eigenvalue weighted by molar-refractivity contribution is -0.135. The molecule has 0 aromatic heterocycles. The van der Waals surface area contributed by atoms with E-state index in [2.05, 4.69) is 5.48 Å². The molecular weight excluding hydrogens is 270 g/mol. The lowest BCUT2D eigenvalue weighted by atomic mass is 10.3. The van der Waals surface area contributed by atoms with Crippen LogP contribution in [0.25, 0.3) is 0 Å². The van der Waals surface area contributed by atoms with Crippen LogP contribution in [0.5, 0.6) is 0 Å². The van der Waals surface area contributed by atoms with Gasteiger partial charge in [-0.2, -0.15) is 0 Å². The smallest absolute Gasteiger partial charge is 0.253 e. The van der Waals surface area contributed by atoms with Gasteiger partial charge in [-0.25, -0.2) is 5.48 Å². The Labute approximate surface area is 116 Å². The van der Waals surface area contributed by atoms with E-state index in [-0.39, 0.29) is 12.0 Å². The topological polar surface area (TPSA) is 38.3 Å². The molecule has 1 aliphatic carbocycles. The Morgan fingerprint density at radius 2 is 2.11 bits per heavy atom. The van der Waals surface area contributed by atoms with Gasteiger partial charge >= 0.3 is 0 Å². The van der Waals surface area contributed by atoms with Crippen LogP contribution in [-0.2, 0) is 9.63 Å². The van der Waals surface area contributed by atoms with Gasteiger partial charge in [-0.15, -0.1) is 11.8 Å². The molecule has 1 aromatic rings. The molecule has 0 atom stereocenters. The number of carbonyl (C=O) groups is 1. The van der Waals surface area contributed by atoms with Gasteiger partial charge in [0.05, 0.1) is 16.9 Å². The molecular formula is C13H16ClNO2S. The highest BCUT2D eigenvalue weighted by Crippen LogP contribution is 2.26. The van der Waals surface area contributed by atoms with E-state index in [1.54, 1.807) is 0 Å². The Balaban J connectivity index is 1.69. The third-order valence-electron chi connectivity index (χ3n) is 2.84. The SMILES string of the molecule is O=C(CSc1ccccc1Cl)NOC1CCCC1. The zero-order valence-corrected chi connectivity index (χ0v) is 11.6. The number of nitrogens with one attached hydrogen (secondary N) is 1. The lowest BCUT2D eigenvalue weighted by Gasteiger charge is -2.11. The molecule has 1 aromatic carbocycles. The van der Waals surface area contributed by atoms with Crippen LogP contribution in [0.3, 0.4) is 0 Å². The Morgan fingerprint density at radius 1 is 1.39 bits per heavy atom. The largest absolute Gasteiger partial charge is 0.272 e. The molecule has 2 rings (SSSR count). The minimum Gasteiger partial charge on any atom is -0.272 e. The van der Waals surface area contributed by atoms with Gasteiger partial charge in [0.15, 0.2) is 0 Å². The second-order valence-corrected chi connectivity index (χ2v) is 5.69. The van der Waals surface area contributed by atoms with Crippen molar-refractivity contribution < 1.29 is 9.63 Å². The maximum Gasteiger partial charge on any atom is 0.253 e. The minimum absolute atomic E-state index is 0.119. The minimum atomic E-state index is -0.119. The van der Waals surface area contributed by atoms with Gasteiger partial charge in [0, 0.05) is 4.90 Å². The first-order chi connectivity index (χ1) is 8.75. The van der Waals surface area contributed by atoms with E-state index >= 15 is 0 Å². The Kier molecular flexibility index (Phi) is 5.35. The van der Waals surface area contributed by atoms with E-state index < -0.39 is 0 Å². The van der Waals surface area contributed by atoms with E-state index in [0.717, 1.165) is 17.7 Å². The van der Waals surface area contributed by atoms with Crippen molar-refractivity contribution in [3.63, 3.8) is 0 Å². The monoisotopic (exact) mass is 285 g/mol. The van der Waals surface area contributed by atoms with Crippen molar-refractivity contribution in [3.8, 4) is 0 Å². The number of hydrogen-bond acceptors (Lipinski definition) is 3. The quantitative estimate of drug-likeness (QED) is 0.665. The molecule has 0 radical (unpaired) electrons. The number of halogens is 1. The first-order valence-corrected chi connectivity index (χ1v) is 7.44. The fourth-order valence-corrected chi connectivity index (χ4v) is 2.92. The first kappa shape index (κ1) is 13.7. The van der Waals surface area contributed by atoms with Gasteiger partial charge in [0.25, 0.3) is 5.91 Å². The molecule has 1 aliphatic rings. The van der Waals surface area contributed by atoms with E-state index in [1.807, 2.05) is 24.3 Å². The van der Waals surface area contributed by atoms with Gasteiger partial charge in [-0.1, -0.05) is 36.6 Å². The van der Waals surface area contributed by atoms with Crippen LogP contribution in [0.1, 0.15) is 25.7 Å². The molecule has 1 fully saturated rings. The van der Waals surface area contributed by atoms with Gasteiger partial charge in [-0.05, 0) is 25.0 Å². The van der Waals surface area contributed by atoms with Gasteiger partial charge in [-0.3, -0.25) is 9.63 Å². The summed E-state index contributed by atoms with van der Waals surface area (Å²) in [5, 5.41) is 0.673. The van der Waals surface area contributed by atoms with Gasteiger partial charge in [0.2, 0.25) is 0 Å². The van der Waals surface area contributed by atoms with Crippen LogP contribution in [0.15, 0.2) is 29.2 Å². The standard InChI is InChI=1S/C13H16ClNO2S/c14-11-7-3-4-8-12(11)18-9-13(16)15-17-10-5-1-2-6-10/h3-4,7-8,10H,1-2,5-6,9H2,(H,15,16). The van der Waals surface area contributed by atoms with Crippen molar-refractivity contribution in [1.82, 2.24) is 5.48 Å². The van der Waals surface area contributed by atoms with Gasteiger partial charge in [0.1, 0.15) is 0 Å². The molecule has 0 spiro atoms. The second-order valence-electron chi connectivity index (χ2n) is 4.27. The van der Waals surface area contributed by atoms with Crippen molar-refractivity contribution in [2.75, 3.05) is 5.75 Å². The molecule has 0 heterocycles. The Hall–Kier alpha value is -0.710. The van der Waals surface area contributed by atoms with E-state index in [9.17, 15) is 4.79 Å². The van der Waals surface area contributed by atoms with Crippen molar-refractivity contribution in [3.05, 3.63) is 29.3 Å². The average molecular weight is 286 g/mol. The predicted molar refractivity (Wildman–Crippen MR) is 73.7 cm³/mol. The van der Waals surface area contributed by atoms with E-state index in [1.165, 1.54) is 24.6 Å². The summed E-state index contributed by atoms with van der Waals surface area (Å²) in [5.74, 6) is 0.197. The number of hydrogen-bond donors (Lipinski definition) is 1. The Morgan fingerprint density at radius 3 is 2.83 bits per heavy atom. The number of hydroxylamine groups is 1. The fourth-order valence-electron chi connectivity index (χ4n) is 1.89. The molecule has 1 saturated carbocycles. The zero-order valence-electron chi connectivity index (χ0n) is 10.0. The number of carbonyl (C=O) groups excluding carboxylic acids is 1. The zero-order chi connectivity index (χ0) is 12.8. The highest BCUT2D eigenvalue weighted by atomic mass is 35.5. The molecule has 0 bridgehead atoms. The van der Waals surface area contributed by atoms with Crippen LogP contribution in [0.4, 0.5) is 0 Å². The summed E-state index contributed by atoms with van der Waals surface area (Å²) in [5.41, 5.74) is 2.51. The van der Waals surface area contributed by atoms with Crippen LogP contribution >= 0.6 is 23.4 Å². The van der Waals surface area contributed by atoms with Crippen molar-refractivity contribution in [2.45, 2.75) is 36.7 Å². The van der Waals surface area contributed by atoms with E-state index in [0.29, 0.717) is 10.8 Å². The molecule has 5 heteroatoms. The maximum absolute atomic E-state index is 11.6. The van der Waals surface area contributed by atoms with E-state index in [4.69, 9.17) is 16.4 Å². The Bertz CT molecular complexity index is 408. The van der Waals surface area contributed by atoms with Crippen molar-refractivity contribution in [2.24, 2.45) is 0 Å². The molecule has 0 saturated heterocycles. The molecule has 1 N–H and O–H groups in total. The summed E-state index contributed by atoms with van der Waals surface area (Å²) in [7, 11) is 0. The summed E-state index contributed by atoms with van der Waals surface area (Å²) in [6, 6.07) is 7.49. The average Bonchev–Trinajstić information content (AvgIpc) is 2.88. The third kappa shape index (κ3) is 4.19. The normalized spacial score (nSPS) is 15.8. The predicted octanol–water partition coefficient (Wildman–Crippen LogP) is 3.42. The van der Waals surface area contributed by atoms with Crippen LogP contribution in [0, 0.1) is 0 Å². The summed E-state index contributed by atoms with van der Waals surface area (Å²) in [6.07, 6.45) is 4.65. The highest BCUT2D eigenvalue weighted by Gasteiger charge is 2.16. The molecule has 3 nitrogen and oxygen atoms in total. The number of rotatable bonds is 5. The van der Waals surface area contributed by atoms with Crippen LogP contribution in [0.2, 0.25) is 5.02 Å². The molecule has 18 heavy (non-hydrogen) atoms. The van der Waals surface area contributed by atoms with Crippen LogP contribution in [-0.4, -0.2) is 17.8 Å². The number of thioether (sulfide) groups is 1. The summed E-state index contributed by atoms with van der Waals surface area (Å²) < 4.78 is 0. The van der Waals surface area contributed by atoms with Crippen molar-refractivity contribution >= 4 is 29.3 Å². The summed E-state index contributed by atoms with van der Waals surface area (Å²) >= 11 is 7.42. The molecule has 0 aliphatic heterocycles. The van der Waals surface area contributed by atoms with Crippen molar-refractivity contribution in [1.29, 1.82) is 0 Å². The first-order valence-electron chi connectivity index (χ1n) is 6.07.